The average molecular weight is 336 g/mol. The summed E-state index contributed by atoms with van der Waals surface area (Å²) >= 11 is 0. The Morgan fingerprint density at radius 2 is 1.96 bits per heavy atom. The summed E-state index contributed by atoms with van der Waals surface area (Å²) in [6.07, 6.45) is 3.35. The quantitative estimate of drug-likeness (QED) is 0.708. The number of hydrogen-bond donors (Lipinski definition) is 2. The van der Waals surface area contributed by atoms with E-state index in [1.807, 2.05) is 24.3 Å². The van der Waals surface area contributed by atoms with Gasteiger partial charge in [-0.15, -0.1) is 0 Å². The molecule has 0 fully saturated rings. The van der Waals surface area contributed by atoms with Crippen molar-refractivity contribution >= 4 is 22.7 Å². The van der Waals surface area contributed by atoms with Gasteiger partial charge < -0.3 is 4.74 Å². The maximum Gasteiger partial charge on any atom is 0.270 e. The summed E-state index contributed by atoms with van der Waals surface area (Å²) in [5.41, 5.74) is 7.21. The van der Waals surface area contributed by atoms with E-state index in [-0.39, 0.29) is 6.61 Å². The van der Waals surface area contributed by atoms with Crippen LogP contribution in [0.2, 0.25) is 0 Å². The summed E-state index contributed by atoms with van der Waals surface area (Å²) < 4.78 is 4.71. The number of para-hydroxylation sites is 1. The molecule has 0 radical (unpaired) electrons. The van der Waals surface area contributed by atoms with E-state index in [2.05, 4.69) is 20.8 Å². The molecule has 0 saturated heterocycles. The van der Waals surface area contributed by atoms with Crippen molar-refractivity contribution in [1.29, 1.82) is 0 Å². The lowest BCUT2D eigenvalue weighted by Crippen LogP contribution is -2.43. The highest BCUT2D eigenvalue weighted by Crippen LogP contribution is 2.24. The van der Waals surface area contributed by atoms with E-state index in [4.69, 9.17) is 4.74 Å². The first kappa shape index (κ1) is 16.5. The van der Waals surface area contributed by atoms with Gasteiger partial charge in [-0.2, -0.15) is 0 Å². The number of fused-ring (bicyclic) bond motifs is 1. The predicted molar refractivity (Wildman–Crippen MR) is 92.5 cm³/mol. The first-order valence-corrected chi connectivity index (χ1v) is 7.57. The summed E-state index contributed by atoms with van der Waals surface area (Å²) in [4.78, 5) is 32.7. The minimum absolute atomic E-state index is 0.141. The highest BCUT2D eigenvalue weighted by Gasteiger charge is 2.14. The van der Waals surface area contributed by atoms with Gasteiger partial charge in [0.15, 0.2) is 0 Å². The van der Waals surface area contributed by atoms with Gasteiger partial charge in [0.1, 0.15) is 6.61 Å². The van der Waals surface area contributed by atoms with Crippen molar-refractivity contribution in [1.82, 2.24) is 20.8 Å². The van der Waals surface area contributed by atoms with Crippen LogP contribution in [0.25, 0.3) is 22.2 Å². The number of benzene rings is 1. The van der Waals surface area contributed by atoms with Crippen LogP contribution in [0, 0.1) is 0 Å². The first-order chi connectivity index (χ1) is 12.2. The Morgan fingerprint density at radius 3 is 2.72 bits per heavy atom. The molecule has 2 N–H and O–H groups in total. The molecule has 0 saturated carbocycles. The molecule has 2 heterocycles. The predicted octanol–water partition coefficient (Wildman–Crippen LogP) is 1.70. The monoisotopic (exact) mass is 336 g/mol. The van der Waals surface area contributed by atoms with Crippen molar-refractivity contribution in [3.63, 3.8) is 0 Å². The van der Waals surface area contributed by atoms with Crippen LogP contribution in [0.15, 0.2) is 54.9 Å². The zero-order valence-electron chi connectivity index (χ0n) is 13.5. The fourth-order valence-corrected chi connectivity index (χ4v) is 2.39. The molecule has 1 aromatic carbocycles. The molecule has 0 aliphatic carbocycles. The molecule has 2 aromatic heterocycles. The zero-order valence-corrected chi connectivity index (χ0v) is 13.5. The Morgan fingerprint density at radius 1 is 1.12 bits per heavy atom. The number of hydrazine groups is 1. The van der Waals surface area contributed by atoms with Crippen molar-refractivity contribution in [2.24, 2.45) is 0 Å². The van der Waals surface area contributed by atoms with Crippen LogP contribution >= 0.6 is 0 Å². The Kier molecular flexibility index (Phi) is 4.96. The second kappa shape index (κ2) is 7.50. The van der Waals surface area contributed by atoms with Crippen LogP contribution in [0.1, 0.15) is 10.4 Å². The Labute approximate surface area is 144 Å². The number of amides is 2. The van der Waals surface area contributed by atoms with Crippen molar-refractivity contribution in [2.45, 2.75) is 0 Å². The van der Waals surface area contributed by atoms with Crippen molar-refractivity contribution in [3.05, 3.63) is 60.4 Å². The number of ether oxygens (including phenoxy) is 1. The second-order valence-corrected chi connectivity index (χ2v) is 5.25. The van der Waals surface area contributed by atoms with Crippen molar-refractivity contribution in [2.75, 3.05) is 13.7 Å². The van der Waals surface area contributed by atoms with E-state index in [0.717, 1.165) is 5.56 Å². The van der Waals surface area contributed by atoms with Crippen LogP contribution in [0.4, 0.5) is 0 Å². The third kappa shape index (κ3) is 3.78. The van der Waals surface area contributed by atoms with Gasteiger partial charge in [0, 0.05) is 30.5 Å². The van der Waals surface area contributed by atoms with Crippen LogP contribution in [0.5, 0.6) is 0 Å². The van der Waals surface area contributed by atoms with Crippen molar-refractivity contribution in [3.8, 4) is 11.3 Å². The van der Waals surface area contributed by atoms with E-state index in [1.165, 1.54) is 7.11 Å². The number of nitrogens with zero attached hydrogens (tertiary/aromatic N) is 2. The molecular weight excluding hydrogens is 320 g/mol. The Bertz CT molecular complexity index is 913. The van der Waals surface area contributed by atoms with Gasteiger partial charge in [-0.25, -0.2) is 4.98 Å². The summed E-state index contributed by atoms with van der Waals surface area (Å²) in [5.74, 6) is -0.880. The van der Waals surface area contributed by atoms with Crippen LogP contribution in [-0.2, 0) is 9.53 Å². The smallest absolute Gasteiger partial charge is 0.270 e. The second-order valence-electron chi connectivity index (χ2n) is 5.25. The van der Waals surface area contributed by atoms with Crippen LogP contribution < -0.4 is 10.9 Å². The fourth-order valence-electron chi connectivity index (χ4n) is 2.39. The summed E-state index contributed by atoms with van der Waals surface area (Å²) in [5, 5.41) is 0.689. The number of nitrogens with one attached hydrogen (secondary N) is 2. The lowest BCUT2D eigenvalue weighted by molar-refractivity contribution is -0.125. The number of carbonyl (C=O) groups is 2. The molecule has 0 unspecified atom stereocenters. The van der Waals surface area contributed by atoms with Gasteiger partial charge in [0.25, 0.3) is 11.8 Å². The Hall–Kier alpha value is -3.32. The third-order valence-electron chi connectivity index (χ3n) is 3.51. The van der Waals surface area contributed by atoms with Gasteiger partial charge in [0.2, 0.25) is 0 Å². The molecule has 0 bridgehead atoms. The fraction of sp³-hybridized carbons (Fsp3) is 0.111. The molecule has 0 spiro atoms. The summed E-state index contributed by atoms with van der Waals surface area (Å²) in [6.45, 7) is -0.141. The summed E-state index contributed by atoms with van der Waals surface area (Å²) in [6, 6.07) is 12.7. The Balaban J connectivity index is 1.98. The lowest BCUT2D eigenvalue weighted by Gasteiger charge is -2.11. The maximum atomic E-state index is 12.5. The van der Waals surface area contributed by atoms with Gasteiger partial charge >= 0.3 is 0 Å². The molecule has 2 amide bonds. The highest BCUT2D eigenvalue weighted by atomic mass is 16.5. The molecule has 0 aliphatic rings. The minimum atomic E-state index is -0.443. The molecule has 0 aliphatic heterocycles. The zero-order chi connectivity index (χ0) is 17.6. The first-order valence-electron chi connectivity index (χ1n) is 7.57. The van der Waals surface area contributed by atoms with Crippen LogP contribution in [-0.4, -0.2) is 35.5 Å². The normalized spacial score (nSPS) is 10.4. The molecule has 126 valence electrons. The number of pyridine rings is 2. The molecular formula is C18H16N4O3. The van der Waals surface area contributed by atoms with E-state index in [9.17, 15) is 9.59 Å². The maximum absolute atomic E-state index is 12.5. The van der Waals surface area contributed by atoms with Gasteiger partial charge in [-0.1, -0.05) is 18.2 Å². The molecule has 7 heteroatoms. The van der Waals surface area contributed by atoms with E-state index < -0.39 is 11.8 Å². The molecule has 25 heavy (non-hydrogen) atoms. The van der Waals surface area contributed by atoms with Crippen LogP contribution in [0.3, 0.4) is 0 Å². The number of aromatic nitrogens is 2. The van der Waals surface area contributed by atoms with Gasteiger partial charge in [0.05, 0.1) is 16.8 Å². The standard InChI is InChI=1S/C18H16N4O3/c1-25-11-17(23)21-22-18(24)14-9-16(12-5-4-8-19-10-12)20-15-7-3-2-6-13(14)15/h2-10H,11H2,1H3,(H,21,23)(H,22,24). The van der Waals surface area contributed by atoms with Gasteiger partial charge in [-0.05, 0) is 24.3 Å². The third-order valence-corrected chi connectivity index (χ3v) is 3.51. The number of hydrogen-bond acceptors (Lipinski definition) is 5. The largest absolute Gasteiger partial charge is 0.375 e. The number of carbonyl (C=O) groups excluding carboxylic acids is 2. The van der Waals surface area contributed by atoms with E-state index in [1.54, 1.807) is 30.6 Å². The topological polar surface area (TPSA) is 93.2 Å². The molecule has 7 nitrogen and oxygen atoms in total. The van der Waals surface area contributed by atoms with Crippen molar-refractivity contribution < 1.29 is 14.3 Å². The van der Waals surface area contributed by atoms with Gasteiger partial charge in [-0.3, -0.25) is 25.4 Å². The highest BCUT2D eigenvalue weighted by molar-refractivity contribution is 6.07. The lowest BCUT2D eigenvalue weighted by atomic mass is 10.0. The number of methoxy groups -OCH3 is 1. The van der Waals surface area contributed by atoms with E-state index >= 15 is 0 Å². The summed E-state index contributed by atoms with van der Waals surface area (Å²) in [7, 11) is 1.40. The minimum Gasteiger partial charge on any atom is -0.375 e. The molecule has 3 aromatic rings. The average Bonchev–Trinajstić information content (AvgIpc) is 2.66. The van der Waals surface area contributed by atoms with E-state index in [0.29, 0.717) is 22.2 Å². The molecule has 3 rings (SSSR count). The SMILES string of the molecule is COCC(=O)NNC(=O)c1cc(-c2cccnc2)nc2ccccc12. The number of rotatable bonds is 4. The molecule has 0 atom stereocenters.